The monoisotopic (exact) mass is 216 g/mol. The van der Waals surface area contributed by atoms with Gasteiger partial charge in [0.2, 0.25) is 0 Å². The number of rotatable bonds is 4. The Balaban J connectivity index is 2.13. The highest BCUT2D eigenvalue weighted by molar-refractivity contribution is 5.59. The second-order valence-electron chi connectivity index (χ2n) is 3.87. The van der Waals surface area contributed by atoms with Crippen LogP contribution in [0.5, 0.6) is 0 Å². The number of hydrogen-bond acceptors (Lipinski definition) is 3. The van der Waals surface area contributed by atoms with Crippen molar-refractivity contribution in [1.82, 2.24) is 4.98 Å². The third-order valence-electron chi connectivity index (χ3n) is 2.59. The molecule has 16 heavy (non-hydrogen) atoms. The summed E-state index contributed by atoms with van der Waals surface area (Å²) in [6.07, 6.45) is 5.17. The van der Waals surface area contributed by atoms with Gasteiger partial charge in [-0.15, -0.1) is 0 Å². The van der Waals surface area contributed by atoms with Gasteiger partial charge < -0.3 is 10.2 Å². The first kappa shape index (κ1) is 10.7. The van der Waals surface area contributed by atoms with E-state index in [4.69, 9.17) is 10.2 Å². The highest BCUT2D eigenvalue weighted by atomic mass is 16.4. The molecule has 0 aliphatic heterocycles. The van der Waals surface area contributed by atoms with Gasteiger partial charge in [0.1, 0.15) is 12.0 Å². The summed E-state index contributed by atoms with van der Waals surface area (Å²) in [6.45, 7) is 2.20. The largest absolute Gasteiger partial charge is 0.432 e. The van der Waals surface area contributed by atoms with Crippen LogP contribution in [0.25, 0.3) is 11.3 Å². The van der Waals surface area contributed by atoms with Gasteiger partial charge in [-0.1, -0.05) is 37.6 Å². The van der Waals surface area contributed by atoms with Gasteiger partial charge >= 0.3 is 0 Å². The van der Waals surface area contributed by atoms with Crippen LogP contribution in [0.15, 0.2) is 34.9 Å². The van der Waals surface area contributed by atoms with Crippen LogP contribution in [0.2, 0.25) is 0 Å². The van der Waals surface area contributed by atoms with Crippen molar-refractivity contribution in [3.63, 3.8) is 0 Å². The number of unbranched alkanes of at least 4 members (excludes halogenated alkanes) is 1. The molecule has 2 N–H and O–H groups in total. The van der Waals surface area contributed by atoms with Crippen molar-refractivity contribution in [1.29, 1.82) is 0 Å². The molecule has 1 aromatic heterocycles. The van der Waals surface area contributed by atoms with Gasteiger partial charge in [0.25, 0.3) is 6.01 Å². The maximum absolute atomic E-state index is 5.43. The zero-order chi connectivity index (χ0) is 11.4. The van der Waals surface area contributed by atoms with Crippen molar-refractivity contribution in [2.45, 2.75) is 26.2 Å². The van der Waals surface area contributed by atoms with Crippen molar-refractivity contribution in [2.24, 2.45) is 0 Å². The first-order valence-electron chi connectivity index (χ1n) is 5.60. The van der Waals surface area contributed by atoms with E-state index in [1.54, 1.807) is 6.26 Å². The lowest BCUT2D eigenvalue weighted by molar-refractivity contribution is 0.581. The summed E-state index contributed by atoms with van der Waals surface area (Å²) in [5, 5.41) is 0. The van der Waals surface area contributed by atoms with Gasteiger partial charge in [0.15, 0.2) is 0 Å². The molecule has 0 unspecified atom stereocenters. The Morgan fingerprint density at radius 3 is 2.56 bits per heavy atom. The van der Waals surface area contributed by atoms with Gasteiger partial charge in [-0.25, -0.2) is 0 Å². The molecular weight excluding hydrogens is 200 g/mol. The second kappa shape index (κ2) is 4.84. The van der Waals surface area contributed by atoms with Crippen LogP contribution < -0.4 is 5.73 Å². The maximum atomic E-state index is 5.43. The van der Waals surface area contributed by atoms with Crippen LogP contribution in [0.1, 0.15) is 25.3 Å². The van der Waals surface area contributed by atoms with E-state index in [2.05, 4.69) is 36.2 Å². The molecule has 0 aliphatic carbocycles. The van der Waals surface area contributed by atoms with Gasteiger partial charge in [-0.05, 0) is 18.4 Å². The van der Waals surface area contributed by atoms with Crippen molar-refractivity contribution in [3.8, 4) is 11.3 Å². The lowest BCUT2D eigenvalue weighted by atomic mass is 10.1. The SMILES string of the molecule is CCCCc1ccc(-c2coc(N)n2)cc1. The minimum absolute atomic E-state index is 0.213. The molecule has 0 aliphatic rings. The van der Waals surface area contributed by atoms with Crippen molar-refractivity contribution in [3.05, 3.63) is 36.1 Å². The third-order valence-corrected chi connectivity index (χ3v) is 2.59. The fourth-order valence-corrected chi connectivity index (χ4v) is 1.64. The van der Waals surface area contributed by atoms with Crippen LogP contribution in [0.3, 0.4) is 0 Å². The molecule has 1 heterocycles. The fraction of sp³-hybridized carbons (Fsp3) is 0.308. The normalized spacial score (nSPS) is 10.6. The summed E-state index contributed by atoms with van der Waals surface area (Å²) in [6, 6.07) is 8.60. The molecule has 1 aromatic carbocycles. The lowest BCUT2D eigenvalue weighted by Crippen LogP contribution is -1.86. The number of benzene rings is 1. The molecule has 0 fully saturated rings. The average molecular weight is 216 g/mol. The minimum Gasteiger partial charge on any atom is -0.432 e. The number of anilines is 1. The third kappa shape index (κ3) is 2.42. The topological polar surface area (TPSA) is 52.0 Å². The highest BCUT2D eigenvalue weighted by Gasteiger charge is 2.03. The summed E-state index contributed by atoms with van der Waals surface area (Å²) >= 11 is 0. The quantitative estimate of drug-likeness (QED) is 0.853. The van der Waals surface area contributed by atoms with E-state index in [1.165, 1.54) is 18.4 Å². The number of aryl methyl sites for hydroxylation is 1. The van der Waals surface area contributed by atoms with E-state index >= 15 is 0 Å². The molecule has 0 radical (unpaired) electrons. The predicted octanol–water partition coefficient (Wildman–Crippen LogP) is 3.27. The van der Waals surface area contributed by atoms with Crippen LogP contribution >= 0.6 is 0 Å². The first-order chi connectivity index (χ1) is 7.79. The molecule has 0 saturated heterocycles. The molecule has 0 spiro atoms. The molecule has 84 valence electrons. The number of aromatic nitrogens is 1. The van der Waals surface area contributed by atoms with Gasteiger partial charge in [0, 0.05) is 5.56 Å². The fourth-order valence-electron chi connectivity index (χ4n) is 1.64. The number of hydrogen-bond donors (Lipinski definition) is 1. The van der Waals surface area contributed by atoms with Gasteiger partial charge in [0.05, 0.1) is 0 Å². The van der Waals surface area contributed by atoms with Gasteiger partial charge in [-0.3, -0.25) is 0 Å². The average Bonchev–Trinajstić information content (AvgIpc) is 2.74. The van der Waals surface area contributed by atoms with E-state index in [0.29, 0.717) is 0 Å². The number of nitrogens with zero attached hydrogens (tertiary/aromatic N) is 1. The van der Waals surface area contributed by atoms with Crippen molar-refractivity contribution >= 4 is 6.01 Å². The second-order valence-corrected chi connectivity index (χ2v) is 3.87. The summed E-state index contributed by atoms with van der Waals surface area (Å²) in [5.41, 5.74) is 8.63. The van der Waals surface area contributed by atoms with Crippen LogP contribution in [-0.2, 0) is 6.42 Å². The van der Waals surface area contributed by atoms with Gasteiger partial charge in [-0.2, -0.15) is 4.98 Å². The Morgan fingerprint density at radius 2 is 2.00 bits per heavy atom. The molecule has 3 heteroatoms. The Kier molecular flexibility index (Phi) is 3.25. The standard InChI is InChI=1S/C13H16N2O/c1-2-3-4-10-5-7-11(8-6-10)12-9-16-13(14)15-12/h5-9H,2-4H2,1H3,(H2,14,15). The lowest BCUT2D eigenvalue weighted by Gasteiger charge is -2.00. The van der Waals surface area contributed by atoms with E-state index in [-0.39, 0.29) is 6.01 Å². The Labute approximate surface area is 95.3 Å². The van der Waals surface area contributed by atoms with E-state index < -0.39 is 0 Å². The Morgan fingerprint density at radius 1 is 1.25 bits per heavy atom. The minimum atomic E-state index is 0.213. The van der Waals surface area contributed by atoms with Crippen LogP contribution in [-0.4, -0.2) is 4.98 Å². The highest BCUT2D eigenvalue weighted by Crippen LogP contribution is 2.20. The maximum Gasteiger partial charge on any atom is 0.292 e. The molecule has 2 rings (SSSR count). The molecule has 0 saturated carbocycles. The molecule has 0 bridgehead atoms. The van der Waals surface area contributed by atoms with Crippen molar-refractivity contribution < 1.29 is 4.42 Å². The van der Waals surface area contributed by atoms with Crippen molar-refractivity contribution in [2.75, 3.05) is 5.73 Å². The summed E-state index contributed by atoms with van der Waals surface area (Å²) in [7, 11) is 0. The summed E-state index contributed by atoms with van der Waals surface area (Å²) in [4.78, 5) is 4.08. The predicted molar refractivity (Wildman–Crippen MR) is 65.0 cm³/mol. The smallest absolute Gasteiger partial charge is 0.292 e. The summed E-state index contributed by atoms with van der Waals surface area (Å²) in [5.74, 6) is 0. The number of nitrogen functional groups attached to an aromatic ring is 1. The first-order valence-corrected chi connectivity index (χ1v) is 5.60. The number of oxazole rings is 1. The Hall–Kier alpha value is -1.77. The Bertz CT molecular complexity index is 445. The number of nitrogens with two attached hydrogens (primary N) is 1. The van der Waals surface area contributed by atoms with E-state index in [0.717, 1.165) is 17.7 Å². The molecule has 0 atom stereocenters. The van der Waals surface area contributed by atoms with Crippen LogP contribution in [0, 0.1) is 0 Å². The zero-order valence-electron chi connectivity index (χ0n) is 9.44. The summed E-state index contributed by atoms with van der Waals surface area (Å²) < 4.78 is 4.98. The van der Waals surface area contributed by atoms with E-state index in [9.17, 15) is 0 Å². The van der Waals surface area contributed by atoms with Crippen LogP contribution in [0.4, 0.5) is 6.01 Å². The molecule has 0 amide bonds. The zero-order valence-corrected chi connectivity index (χ0v) is 9.44. The molecule has 2 aromatic rings. The van der Waals surface area contributed by atoms with E-state index in [1.807, 2.05) is 0 Å². The molecular formula is C13H16N2O. The molecule has 3 nitrogen and oxygen atoms in total.